The number of nitrogens with one attached hydrogen (secondary N) is 1. The van der Waals surface area contributed by atoms with E-state index in [1.54, 1.807) is 11.3 Å². The summed E-state index contributed by atoms with van der Waals surface area (Å²) < 4.78 is 1.98. The first kappa shape index (κ1) is 18.1. The maximum atomic E-state index is 11.7. The number of carbonyl (C=O) groups excluding carboxylic acids is 1. The highest BCUT2D eigenvalue weighted by Gasteiger charge is 2.22. The van der Waals surface area contributed by atoms with Crippen LogP contribution in [0.1, 0.15) is 44.0 Å². The first-order valence-electron chi connectivity index (χ1n) is 9.02. The smallest absolute Gasteiger partial charge is 0.220 e. The number of amides is 1. The molecule has 0 bridgehead atoms. The summed E-state index contributed by atoms with van der Waals surface area (Å²) in [5.41, 5.74) is 5.14. The first-order chi connectivity index (χ1) is 12.1. The monoisotopic (exact) mass is 361 g/mol. The number of nitrogens with zero attached hydrogens (tertiary/aromatic N) is 4. The maximum absolute atomic E-state index is 11.7. The Bertz CT molecular complexity index is 715. The van der Waals surface area contributed by atoms with Crippen LogP contribution in [-0.4, -0.2) is 44.7 Å². The van der Waals surface area contributed by atoms with Crippen LogP contribution < -0.4 is 5.32 Å². The molecule has 0 atom stereocenters. The lowest BCUT2D eigenvalue weighted by atomic mass is 10.0. The second kappa shape index (κ2) is 8.10. The fraction of sp³-hybridized carbons (Fsp3) is 0.611. The molecule has 0 unspecified atom stereocenters. The Morgan fingerprint density at radius 2 is 2.16 bits per heavy atom. The molecule has 3 rings (SSSR count). The molecule has 0 aromatic carbocycles. The molecule has 7 heteroatoms. The SMILES string of the molecule is CCCC(=O)NC1CCN(Cc2cc(-c3scnc3C)nn2C)CC1. The van der Waals surface area contributed by atoms with Gasteiger partial charge in [0.1, 0.15) is 5.69 Å². The minimum Gasteiger partial charge on any atom is -0.353 e. The van der Waals surface area contributed by atoms with Gasteiger partial charge in [0.25, 0.3) is 0 Å². The Kier molecular flexibility index (Phi) is 5.86. The van der Waals surface area contributed by atoms with Gasteiger partial charge < -0.3 is 5.32 Å². The van der Waals surface area contributed by atoms with Gasteiger partial charge in [0.05, 0.1) is 21.8 Å². The number of thiazole rings is 1. The van der Waals surface area contributed by atoms with E-state index in [1.807, 2.05) is 31.1 Å². The lowest BCUT2D eigenvalue weighted by Crippen LogP contribution is -2.44. The third-order valence-electron chi connectivity index (χ3n) is 4.77. The van der Waals surface area contributed by atoms with Crippen LogP contribution in [0.2, 0.25) is 0 Å². The van der Waals surface area contributed by atoms with Crippen molar-refractivity contribution in [2.45, 2.75) is 52.1 Å². The highest BCUT2D eigenvalue weighted by Crippen LogP contribution is 2.27. The van der Waals surface area contributed by atoms with E-state index in [0.29, 0.717) is 12.5 Å². The summed E-state index contributed by atoms with van der Waals surface area (Å²) in [7, 11) is 2.01. The van der Waals surface area contributed by atoms with Gasteiger partial charge in [-0.2, -0.15) is 5.10 Å². The fourth-order valence-corrected chi connectivity index (χ4v) is 4.06. The van der Waals surface area contributed by atoms with E-state index >= 15 is 0 Å². The molecule has 0 saturated carbocycles. The molecule has 3 heterocycles. The van der Waals surface area contributed by atoms with Gasteiger partial charge in [-0.05, 0) is 32.3 Å². The zero-order chi connectivity index (χ0) is 17.8. The third kappa shape index (κ3) is 4.46. The highest BCUT2D eigenvalue weighted by molar-refractivity contribution is 7.13. The molecule has 1 fully saturated rings. The standard InChI is InChI=1S/C18H27N5OS/c1-4-5-17(24)20-14-6-8-23(9-7-14)11-15-10-16(21-22(15)3)18-13(2)19-12-25-18/h10,12,14H,4-9,11H2,1-3H3,(H,20,24). The fourth-order valence-electron chi connectivity index (χ4n) is 3.30. The van der Waals surface area contributed by atoms with Gasteiger partial charge >= 0.3 is 0 Å². The van der Waals surface area contributed by atoms with Crippen LogP contribution in [0.25, 0.3) is 10.6 Å². The van der Waals surface area contributed by atoms with Gasteiger partial charge in [-0.3, -0.25) is 14.4 Å². The number of aryl methyl sites for hydroxylation is 2. The van der Waals surface area contributed by atoms with Crippen molar-refractivity contribution in [2.75, 3.05) is 13.1 Å². The van der Waals surface area contributed by atoms with E-state index < -0.39 is 0 Å². The minimum absolute atomic E-state index is 0.192. The molecule has 2 aromatic rings. The van der Waals surface area contributed by atoms with Gasteiger partial charge in [-0.1, -0.05) is 6.92 Å². The van der Waals surface area contributed by atoms with Crippen molar-refractivity contribution >= 4 is 17.2 Å². The number of aromatic nitrogens is 3. The lowest BCUT2D eigenvalue weighted by Gasteiger charge is -2.32. The second-order valence-corrected chi connectivity index (χ2v) is 7.63. The van der Waals surface area contributed by atoms with Crippen molar-refractivity contribution < 1.29 is 4.79 Å². The molecule has 136 valence electrons. The topological polar surface area (TPSA) is 63.1 Å². The summed E-state index contributed by atoms with van der Waals surface area (Å²) in [4.78, 5) is 19.6. The average molecular weight is 362 g/mol. The van der Waals surface area contributed by atoms with Gasteiger partial charge in [0, 0.05) is 39.1 Å². The summed E-state index contributed by atoms with van der Waals surface area (Å²) in [6.45, 7) is 6.99. The van der Waals surface area contributed by atoms with Gasteiger partial charge in [-0.15, -0.1) is 11.3 Å². The van der Waals surface area contributed by atoms with Crippen LogP contribution in [0.4, 0.5) is 0 Å². The number of rotatable bonds is 6. The van der Waals surface area contributed by atoms with Crippen molar-refractivity contribution in [3.05, 3.63) is 23.0 Å². The van der Waals surface area contributed by atoms with Gasteiger partial charge in [-0.25, -0.2) is 4.98 Å². The number of piperidine rings is 1. The van der Waals surface area contributed by atoms with E-state index in [9.17, 15) is 4.79 Å². The van der Waals surface area contributed by atoms with E-state index in [1.165, 1.54) is 5.69 Å². The second-order valence-electron chi connectivity index (χ2n) is 6.78. The molecule has 6 nitrogen and oxygen atoms in total. The number of hydrogen-bond acceptors (Lipinski definition) is 5. The molecule has 25 heavy (non-hydrogen) atoms. The van der Waals surface area contributed by atoms with E-state index in [-0.39, 0.29) is 5.91 Å². The molecule has 1 saturated heterocycles. The zero-order valence-electron chi connectivity index (χ0n) is 15.3. The minimum atomic E-state index is 0.192. The van der Waals surface area contributed by atoms with Gasteiger partial charge in [0.15, 0.2) is 0 Å². The molecule has 1 aliphatic rings. The third-order valence-corrected chi connectivity index (χ3v) is 5.72. The molecule has 1 aliphatic heterocycles. The predicted octanol–water partition coefficient (Wildman–Crippen LogP) is 2.73. The van der Waals surface area contributed by atoms with Crippen LogP contribution in [0.3, 0.4) is 0 Å². The average Bonchev–Trinajstić information content (AvgIpc) is 3.15. The molecular formula is C18H27N5OS. The van der Waals surface area contributed by atoms with E-state index in [4.69, 9.17) is 0 Å². The predicted molar refractivity (Wildman–Crippen MR) is 100 cm³/mol. The zero-order valence-corrected chi connectivity index (χ0v) is 16.1. The molecule has 1 N–H and O–H groups in total. The van der Waals surface area contributed by atoms with Crippen molar-refractivity contribution in [2.24, 2.45) is 7.05 Å². The van der Waals surface area contributed by atoms with Crippen LogP contribution in [0.5, 0.6) is 0 Å². The number of likely N-dealkylation sites (tertiary alicyclic amines) is 1. The summed E-state index contributed by atoms with van der Waals surface area (Å²) in [5, 5.41) is 7.81. The molecule has 1 amide bonds. The Labute approximate surface area is 153 Å². The Hall–Kier alpha value is -1.73. The highest BCUT2D eigenvalue weighted by atomic mass is 32.1. The van der Waals surface area contributed by atoms with Crippen molar-refractivity contribution in [3.8, 4) is 10.6 Å². The summed E-state index contributed by atoms with van der Waals surface area (Å²) >= 11 is 1.64. The number of hydrogen-bond donors (Lipinski definition) is 1. The summed E-state index contributed by atoms with van der Waals surface area (Å²) in [6, 6.07) is 2.51. The Balaban J connectivity index is 1.55. The quantitative estimate of drug-likeness (QED) is 0.859. The Morgan fingerprint density at radius 1 is 1.40 bits per heavy atom. The van der Waals surface area contributed by atoms with Gasteiger partial charge in [0.2, 0.25) is 5.91 Å². The normalized spacial score (nSPS) is 16.3. The lowest BCUT2D eigenvalue weighted by molar-refractivity contribution is -0.122. The maximum Gasteiger partial charge on any atom is 0.220 e. The van der Waals surface area contributed by atoms with E-state index in [2.05, 4.69) is 26.4 Å². The molecule has 0 radical (unpaired) electrons. The number of carbonyl (C=O) groups is 1. The van der Waals surface area contributed by atoms with Crippen LogP contribution >= 0.6 is 11.3 Å². The molecular weight excluding hydrogens is 334 g/mol. The van der Waals surface area contributed by atoms with E-state index in [0.717, 1.165) is 55.2 Å². The van der Waals surface area contributed by atoms with Crippen molar-refractivity contribution in [1.82, 2.24) is 25.0 Å². The van der Waals surface area contributed by atoms with Crippen molar-refractivity contribution in [3.63, 3.8) is 0 Å². The van der Waals surface area contributed by atoms with Crippen LogP contribution in [0, 0.1) is 6.92 Å². The molecule has 0 aliphatic carbocycles. The largest absolute Gasteiger partial charge is 0.353 e. The molecule has 2 aromatic heterocycles. The van der Waals surface area contributed by atoms with Crippen LogP contribution in [-0.2, 0) is 18.4 Å². The Morgan fingerprint density at radius 3 is 2.80 bits per heavy atom. The first-order valence-corrected chi connectivity index (χ1v) is 9.90. The summed E-state index contributed by atoms with van der Waals surface area (Å²) in [5.74, 6) is 0.192. The summed E-state index contributed by atoms with van der Waals surface area (Å²) in [6.07, 6.45) is 3.59. The molecule has 0 spiro atoms. The van der Waals surface area contributed by atoms with Crippen molar-refractivity contribution in [1.29, 1.82) is 0 Å². The van der Waals surface area contributed by atoms with Crippen LogP contribution in [0.15, 0.2) is 11.6 Å².